The maximum atomic E-state index is 13.1. The van der Waals surface area contributed by atoms with E-state index in [4.69, 9.17) is 0 Å². The molecular formula is C21H19F3N2S. The summed E-state index contributed by atoms with van der Waals surface area (Å²) < 4.78 is 39.3. The predicted octanol–water partition coefficient (Wildman–Crippen LogP) is 6.28. The van der Waals surface area contributed by atoms with Crippen molar-refractivity contribution >= 4 is 29.2 Å². The smallest absolute Gasteiger partial charge is 0.339 e. The number of thioether (sulfide) groups is 1. The molecule has 0 unspecified atom stereocenters. The van der Waals surface area contributed by atoms with Crippen LogP contribution in [0, 0.1) is 6.92 Å². The number of hydrogen-bond acceptors (Lipinski definition) is 3. The highest BCUT2D eigenvalue weighted by Gasteiger charge is 2.34. The van der Waals surface area contributed by atoms with Gasteiger partial charge in [-0.15, -0.1) is 0 Å². The topological polar surface area (TPSA) is 6.48 Å². The summed E-state index contributed by atoms with van der Waals surface area (Å²) >= 11 is 1.51. The van der Waals surface area contributed by atoms with Gasteiger partial charge in [-0.25, -0.2) is 0 Å². The van der Waals surface area contributed by atoms with E-state index >= 15 is 0 Å². The third-order valence-electron chi connectivity index (χ3n) is 4.88. The fraction of sp³-hybridized carbons (Fsp3) is 0.238. The molecule has 0 N–H and O–H groups in total. The first-order valence-corrected chi connectivity index (χ1v) is 9.54. The lowest BCUT2D eigenvalue weighted by atomic mass is 10.0. The van der Waals surface area contributed by atoms with Crippen LogP contribution in [0.4, 0.5) is 24.5 Å². The summed E-state index contributed by atoms with van der Waals surface area (Å²) in [4.78, 5) is 4.91. The van der Waals surface area contributed by atoms with E-state index in [0.29, 0.717) is 5.69 Å². The quantitative estimate of drug-likeness (QED) is 0.568. The van der Waals surface area contributed by atoms with E-state index in [9.17, 15) is 13.2 Å². The lowest BCUT2D eigenvalue weighted by Gasteiger charge is -2.32. The number of rotatable bonds is 1. The Hall–Kier alpha value is -2.34. The van der Waals surface area contributed by atoms with Gasteiger partial charge in [-0.05, 0) is 55.8 Å². The molecule has 2 aromatic carbocycles. The fourth-order valence-electron chi connectivity index (χ4n) is 3.52. The van der Waals surface area contributed by atoms with Crippen LogP contribution in [0.1, 0.15) is 23.6 Å². The molecule has 0 fully saturated rings. The standard InChI is InChI=1S/C21H19F3N2S/c1-4-26-16-8-5-13(2)11-14(16)6-9-17(26)20-25(3)18-12-15(21(22,23)24)7-10-19(18)27-20/h5-12H,4H2,1-3H3/b20-17+. The highest BCUT2D eigenvalue weighted by atomic mass is 32.2. The predicted molar refractivity (Wildman–Crippen MR) is 106 cm³/mol. The molecule has 0 saturated heterocycles. The Kier molecular flexibility index (Phi) is 4.26. The van der Waals surface area contributed by atoms with Crippen LogP contribution in [0.3, 0.4) is 0 Å². The van der Waals surface area contributed by atoms with Crippen LogP contribution in [0.2, 0.25) is 0 Å². The average Bonchev–Trinajstić information content (AvgIpc) is 2.96. The van der Waals surface area contributed by atoms with Crippen molar-refractivity contribution in [1.29, 1.82) is 0 Å². The van der Waals surface area contributed by atoms with Gasteiger partial charge in [-0.1, -0.05) is 29.5 Å². The Bertz CT molecular complexity index is 976. The second-order valence-electron chi connectivity index (χ2n) is 6.67. The van der Waals surface area contributed by atoms with E-state index in [0.717, 1.165) is 39.5 Å². The number of fused-ring (bicyclic) bond motifs is 2. The monoisotopic (exact) mass is 388 g/mol. The van der Waals surface area contributed by atoms with Gasteiger partial charge in [0, 0.05) is 24.2 Å². The molecule has 2 aromatic rings. The number of benzene rings is 2. The van der Waals surface area contributed by atoms with Crippen LogP contribution in [-0.4, -0.2) is 13.6 Å². The van der Waals surface area contributed by atoms with Crippen molar-refractivity contribution < 1.29 is 13.2 Å². The lowest BCUT2D eigenvalue weighted by Crippen LogP contribution is -2.27. The van der Waals surface area contributed by atoms with Crippen LogP contribution in [0.25, 0.3) is 6.08 Å². The maximum absolute atomic E-state index is 13.1. The molecule has 6 heteroatoms. The lowest BCUT2D eigenvalue weighted by molar-refractivity contribution is -0.137. The molecule has 0 atom stereocenters. The number of halogens is 3. The summed E-state index contributed by atoms with van der Waals surface area (Å²) in [7, 11) is 1.83. The normalized spacial score (nSPS) is 18.7. The number of allylic oxidation sites excluding steroid dienone is 1. The summed E-state index contributed by atoms with van der Waals surface area (Å²) in [6.07, 6.45) is -0.205. The van der Waals surface area contributed by atoms with Crippen LogP contribution < -0.4 is 9.80 Å². The van der Waals surface area contributed by atoms with Crippen molar-refractivity contribution in [1.82, 2.24) is 0 Å². The van der Waals surface area contributed by atoms with Gasteiger partial charge in [0.1, 0.15) is 5.03 Å². The van der Waals surface area contributed by atoms with Gasteiger partial charge in [-0.2, -0.15) is 13.2 Å². The zero-order chi connectivity index (χ0) is 19.3. The zero-order valence-electron chi connectivity index (χ0n) is 15.3. The first-order valence-electron chi connectivity index (χ1n) is 8.73. The highest BCUT2D eigenvalue weighted by molar-refractivity contribution is 8.03. The Morgan fingerprint density at radius 2 is 1.78 bits per heavy atom. The molecule has 2 aliphatic rings. The molecule has 2 nitrogen and oxygen atoms in total. The van der Waals surface area contributed by atoms with Crippen molar-refractivity contribution in [3.8, 4) is 0 Å². The van der Waals surface area contributed by atoms with Crippen LogP contribution in [0.15, 0.2) is 58.1 Å². The van der Waals surface area contributed by atoms with Gasteiger partial charge < -0.3 is 9.80 Å². The molecule has 4 rings (SSSR count). The summed E-state index contributed by atoms with van der Waals surface area (Å²) in [6.45, 7) is 4.92. The minimum atomic E-state index is -4.34. The van der Waals surface area contributed by atoms with Crippen molar-refractivity contribution in [3.63, 3.8) is 0 Å². The Labute approximate surface area is 161 Å². The Morgan fingerprint density at radius 3 is 2.48 bits per heavy atom. The number of hydrogen-bond donors (Lipinski definition) is 0. The molecule has 0 bridgehead atoms. The molecule has 0 saturated carbocycles. The Morgan fingerprint density at radius 1 is 1.00 bits per heavy atom. The first-order chi connectivity index (χ1) is 12.8. The van der Waals surface area contributed by atoms with Crippen molar-refractivity contribution in [2.24, 2.45) is 0 Å². The molecule has 0 spiro atoms. The van der Waals surface area contributed by atoms with E-state index in [1.165, 1.54) is 23.4 Å². The summed E-state index contributed by atoms with van der Waals surface area (Å²) in [5, 5.41) is 0.939. The molecule has 2 heterocycles. The van der Waals surface area contributed by atoms with Crippen molar-refractivity contribution in [3.05, 3.63) is 69.9 Å². The van der Waals surface area contributed by atoms with Gasteiger partial charge in [0.2, 0.25) is 0 Å². The van der Waals surface area contributed by atoms with Crippen LogP contribution in [0.5, 0.6) is 0 Å². The van der Waals surface area contributed by atoms with E-state index in [1.807, 2.05) is 11.9 Å². The molecule has 27 heavy (non-hydrogen) atoms. The second-order valence-corrected chi connectivity index (χ2v) is 7.70. The summed E-state index contributed by atoms with van der Waals surface area (Å²) in [5.41, 5.74) is 4.46. The van der Waals surface area contributed by atoms with Gasteiger partial charge in [0.25, 0.3) is 0 Å². The molecule has 0 aliphatic carbocycles. The maximum Gasteiger partial charge on any atom is 0.416 e. The largest absolute Gasteiger partial charge is 0.416 e. The number of anilines is 2. The van der Waals surface area contributed by atoms with E-state index in [1.54, 1.807) is 6.07 Å². The van der Waals surface area contributed by atoms with E-state index in [-0.39, 0.29) is 0 Å². The molecule has 0 aromatic heterocycles. The van der Waals surface area contributed by atoms with E-state index < -0.39 is 11.7 Å². The fourth-order valence-corrected chi connectivity index (χ4v) is 4.68. The number of nitrogens with zero attached hydrogens (tertiary/aromatic N) is 2. The van der Waals surface area contributed by atoms with Gasteiger partial charge in [-0.3, -0.25) is 0 Å². The van der Waals surface area contributed by atoms with Crippen LogP contribution >= 0.6 is 11.8 Å². The summed E-state index contributed by atoms with van der Waals surface area (Å²) in [5.74, 6) is 0. The number of alkyl halides is 3. The average molecular weight is 388 g/mol. The van der Waals surface area contributed by atoms with Crippen molar-refractivity contribution in [2.75, 3.05) is 23.4 Å². The minimum absolute atomic E-state index is 0.594. The SMILES string of the molecule is CCN1/C(=C2/Sc3ccc(C(F)(F)F)cc3N2C)C=Cc2cc(C)ccc21. The zero-order valence-corrected chi connectivity index (χ0v) is 16.1. The third kappa shape index (κ3) is 3.02. The van der Waals surface area contributed by atoms with Gasteiger partial charge >= 0.3 is 6.18 Å². The van der Waals surface area contributed by atoms with Crippen molar-refractivity contribution in [2.45, 2.75) is 24.9 Å². The van der Waals surface area contributed by atoms with Crippen LogP contribution in [-0.2, 0) is 6.18 Å². The second kappa shape index (κ2) is 6.37. The number of aryl methyl sites for hydroxylation is 1. The van der Waals surface area contributed by atoms with Gasteiger partial charge in [0.15, 0.2) is 0 Å². The van der Waals surface area contributed by atoms with Gasteiger partial charge in [0.05, 0.1) is 16.9 Å². The highest BCUT2D eigenvalue weighted by Crippen LogP contribution is 2.49. The third-order valence-corrected chi connectivity index (χ3v) is 6.12. The summed E-state index contributed by atoms with van der Waals surface area (Å²) in [6, 6.07) is 10.3. The molecular weight excluding hydrogens is 369 g/mol. The van der Waals surface area contributed by atoms with E-state index in [2.05, 4.69) is 49.1 Å². The molecule has 140 valence electrons. The minimum Gasteiger partial charge on any atom is -0.339 e. The first kappa shape index (κ1) is 18.0. The number of likely N-dealkylation sites (N-methyl/N-ethyl adjacent to an activating group) is 1. The molecule has 0 radical (unpaired) electrons. The molecule has 2 aliphatic heterocycles. The molecule has 0 amide bonds. The Balaban J connectivity index is 1.79.